The second-order valence-corrected chi connectivity index (χ2v) is 4.05. The minimum Gasteiger partial charge on any atom is -0.396 e. The number of imidazole rings is 1. The molecular formula is C12H13N3O4. The zero-order valence-corrected chi connectivity index (χ0v) is 10.0. The van der Waals surface area contributed by atoms with Gasteiger partial charge in [-0.2, -0.15) is 0 Å². The Labute approximate surface area is 108 Å². The summed E-state index contributed by atoms with van der Waals surface area (Å²) < 4.78 is 4.70. The minimum absolute atomic E-state index is 0.155. The van der Waals surface area contributed by atoms with Gasteiger partial charge in [0.15, 0.2) is 5.82 Å². The van der Waals surface area contributed by atoms with Crippen LogP contribution in [0.4, 0.5) is 0 Å². The fraction of sp³-hybridized carbons (Fsp3) is 0.333. The van der Waals surface area contributed by atoms with Gasteiger partial charge in [0.1, 0.15) is 24.5 Å². The smallest absolute Gasteiger partial charge is 0.159 e. The third kappa shape index (κ3) is 2.76. The Morgan fingerprint density at radius 2 is 2.26 bits per heavy atom. The first kappa shape index (κ1) is 13.2. The van der Waals surface area contributed by atoms with Crippen molar-refractivity contribution in [1.29, 1.82) is 0 Å². The number of nitrogens with zero attached hydrogens (tertiary/aromatic N) is 2. The highest BCUT2D eigenvalue weighted by Gasteiger charge is 2.24. The van der Waals surface area contributed by atoms with Crippen LogP contribution in [0.5, 0.6) is 0 Å². The van der Waals surface area contributed by atoms with Crippen LogP contribution < -0.4 is 0 Å². The highest BCUT2D eigenvalue weighted by Crippen LogP contribution is 2.24. The fourth-order valence-electron chi connectivity index (χ4n) is 1.86. The fourth-order valence-corrected chi connectivity index (χ4v) is 1.86. The Morgan fingerprint density at radius 3 is 2.84 bits per heavy atom. The number of hydrogen-bond donors (Lipinski definition) is 2. The molecule has 0 aliphatic carbocycles. The molecule has 0 aliphatic heterocycles. The standard InChI is InChI=1S/C12H13N3O4/c16-3-1-8(6-17)9(7-18)11-5-13-12(14-11)10-2-4-19-15-10/h2,4-9,16H,1,3H2,(H,13,14). The Morgan fingerprint density at radius 1 is 1.42 bits per heavy atom. The first-order valence-corrected chi connectivity index (χ1v) is 5.77. The van der Waals surface area contributed by atoms with E-state index in [2.05, 4.69) is 15.1 Å². The number of aromatic nitrogens is 3. The molecule has 2 aromatic heterocycles. The van der Waals surface area contributed by atoms with Gasteiger partial charge in [0, 0.05) is 30.5 Å². The lowest BCUT2D eigenvalue weighted by molar-refractivity contribution is -0.117. The third-order valence-corrected chi connectivity index (χ3v) is 2.88. The van der Waals surface area contributed by atoms with Gasteiger partial charge in [0.25, 0.3) is 0 Å². The van der Waals surface area contributed by atoms with Crippen molar-refractivity contribution >= 4 is 12.6 Å². The molecule has 100 valence electrons. The Balaban J connectivity index is 2.24. The van der Waals surface area contributed by atoms with Crippen LogP contribution in [0, 0.1) is 5.92 Å². The third-order valence-electron chi connectivity index (χ3n) is 2.88. The van der Waals surface area contributed by atoms with E-state index in [1.165, 1.54) is 12.5 Å². The van der Waals surface area contributed by atoms with Crippen molar-refractivity contribution in [3.05, 3.63) is 24.2 Å². The molecular weight excluding hydrogens is 250 g/mol. The molecule has 0 saturated heterocycles. The van der Waals surface area contributed by atoms with Crippen molar-refractivity contribution in [1.82, 2.24) is 15.1 Å². The number of aliphatic hydroxyl groups excluding tert-OH is 1. The predicted octanol–water partition coefficient (Wildman–Crippen LogP) is 0.545. The molecule has 0 amide bonds. The van der Waals surface area contributed by atoms with E-state index in [0.29, 0.717) is 29.8 Å². The average molecular weight is 263 g/mol. The van der Waals surface area contributed by atoms with Crippen molar-refractivity contribution in [3.63, 3.8) is 0 Å². The van der Waals surface area contributed by atoms with Crippen molar-refractivity contribution in [3.8, 4) is 11.5 Å². The zero-order valence-electron chi connectivity index (χ0n) is 10.0. The Bertz CT molecular complexity index is 535. The molecule has 2 atom stereocenters. The van der Waals surface area contributed by atoms with Gasteiger partial charge in [-0.1, -0.05) is 5.16 Å². The van der Waals surface area contributed by atoms with Crippen molar-refractivity contribution < 1.29 is 19.2 Å². The van der Waals surface area contributed by atoms with Crippen molar-refractivity contribution in [2.75, 3.05) is 6.61 Å². The summed E-state index contributed by atoms with van der Waals surface area (Å²) in [5.74, 6) is -0.768. The van der Waals surface area contributed by atoms with Gasteiger partial charge in [-0.05, 0) is 6.42 Å². The van der Waals surface area contributed by atoms with E-state index in [-0.39, 0.29) is 13.0 Å². The van der Waals surface area contributed by atoms with Gasteiger partial charge >= 0.3 is 0 Å². The lowest BCUT2D eigenvalue weighted by Crippen LogP contribution is -2.17. The molecule has 0 fully saturated rings. The zero-order chi connectivity index (χ0) is 13.7. The molecule has 0 aliphatic rings. The van der Waals surface area contributed by atoms with E-state index in [1.807, 2.05) is 0 Å². The summed E-state index contributed by atoms with van der Waals surface area (Å²) in [6.45, 7) is -0.155. The molecule has 2 unspecified atom stereocenters. The molecule has 0 spiro atoms. The molecule has 2 N–H and O–H groups in total. The summed E-state index contributed by atoms with van der Waals surface area (Å²) in [6.07, 6.45) is 4.47. The van der Waals surface area contributed by atoms with Crippen molar-refractivity contribution in [2.45, 2.75) is 12.3 Å². The summed E-state index contributed by atoms with van der Waals surface area (Å²) in [6, 6.07) is 1.63. The molecule has 0 aromatic carbocycles. The average Bonchev–Trinajstić information content (AvgIpc) is 3.09. The second kappa shape index (κ2) is 6.05. The topological polar surface area (TPSA) is 109 Å². The van der Waals surface area contributed by atoms with Gasteiger partial charge in [0.2, 0.25) is 0 Å². The van der Waals surface area contributed by atoms with Crippen LogP contribution >= 0.6 is 0 Å². The van der Waals surface area contributed by atoms with E-state index in [0.717, 1.165) is 0 Å². The normalized spacial score (nSPS) is 13.9. The van der Waals surface area contributed by atoms with Crippen LogP contribution in [-0.4, -0.2) is 39.4 Å². The summed E-state index contributed by atoms with van der Waals surface area (Å²) in [7, 11) is 0. The highest BCUT2D eigenvalue weighted by atomic mass is 16.5. The van der Waals surface area contributed by atoms with E-state index in [4.69, 9.17) is 9.63 Å². The van der Waals surface area contributed by atoms with Gasteiger partial charge in [0.05, 0.1) is 5.92 Å². The number of aliphatic hydroxyl groups is 1. The predicted molar refractivity (Wildman–Crippen MR) is 64.1 cm³/mol. The molecule has 19 heavy (non-hydrogen) atoms. The quantitative estimate of drug-likeness (QED) is 0.706. The maximum Gasteiger partial charge on any atom is 0.159 e. The lowest BCUT2D eigenvalue weighted by Gasteiger charge is -2.14. The monoisotopic (exact) mass is 263 g/mol. The number of H-pyrrole nitrogens is 1. The van der Waals surface area contributed by atoms with E-state index < -0.39 is 11.8 Å². The molecule has 0 bridgehead atoms. The maximum absolute atomic E-state index is 11.2. The summed E-state index contributed by atoms with van der Waals surface area (Å²) in [5.41, 5.74) is 1.03. The first-order chi connectivity index (χ1) is 9.30. The summed E-state index contributed by atoms with van der Waals surface area (Å²) in [4.78, 5) is 29.1. The van der Waals surface area contributed by atoms with Gasteiger partial charge in [-0.15, -0.1) is 0 Å². The van der Waals surface area contributed by atoms with Crippen LogP contribution in [-0.2, 0) is 9.59 Å². The number of rotatable bonds is 7. The number of nitrogens with one attached hydrogen (secondary N) is 1. The van der Waals surface area contributed by atoms with Crippen LogP contribution in [0.3, 0.4) is 0 Å². The molecule has 2 heterocycles. The van der Waals surface area contributed by atoms with Crippen LogP contribution in [0.25, 0.3) is 11.5 Å². The lowest BCUT2D eigenvalue weighted by atomic mass is 9.90. The van der Waals surface area contributed by atoms with Crippen LogP contribution in [0.15, 0.2) is 23.0 Å². The van der Waals surface area contributed by atoms with E-state index in [1.54, 1.807) is 6.07 Å². The first-order valence-electron chi connectivity index (χ1n) is 5.77. The number of aromatic amines is 1. The number of hydrogen-bond acceptors (Lipinski definition) is 6. The van der Waals surface area contributed by atoms with Gasteiger partial charge < -0.3 is 24.2 Å². The molecule has 7 nitrogen and oxygen atoms in total. The maximum atomic E-state index is 11.2. The summed E-state index contributed by atoms with van der Waals surface area (Å²) >= 11 is 0. The largest absolute Gasteiger partial charge is 0.396 e. The highest BCUT2D eigenvalue weighted by molar-refractivity contribution is 5.70. The van der Waals surface area contributed by atoms with Gasteiger partial charge in [-0.25, -0.2) is 4.98 Å². The summed E-state index contributed by atoms with van der Waals surface area (Å²) in [5, 5.41) is 12.6. The Kier molecular flexibility index (Phi) is 4.19. The second-order valence-electron chi connectivity index (χ2n) is 4.05. The molecule has 7 heteroatoms. The van der Waals surface area contributed by atoms with E-state index >= 15 is 0 Å². The van der Waals surface area contributed by atoms with Crippen LogP contribution in [0.1, 0.15) is 18.0 Å². The molecule has 0 saturated carbocycles. The van der Waals surface area contributed by atoms with Crippen molar-refractivity contribution in [2.24, 2.45) is 5.92 Å². The number of carbonyl (C=O) groups excluding carboxylic acids is 2. The number of carbonyl (C=O) groups is 2. The van der Waals surface area contributed by atoms with E-state index in [9.17, 15) is 9.59 Å². The number of aldehydes is 2. The Hall–Kier alpha value is -2.28. The molecule has 2 rings (SSSR count). The molecule has 0 radical (unpaired) electrons. The van der Waals surface area contributed by atoms with Crippen LogP contribution in [0.2, 0.25) is 0 Å². The molecule has 2 aromatic rings. The SMILES string of the molecule is O=CC(CCO)C(C=O)c1cnc(-c2ccon2)[nH]1. The van der Waals surface area contributed by atoms with Gasteiger partial charge in [-0.3, -0.25) is 0 Å². The minimum atomic E-state index is -0.655.